The molecule has 1 aromatic carbocycles. The number of alkyl halides is 3. The SMILES string of the molecule is CC(O)C(NC(=O)C12CC3OC(=O)C1N(Cc1cccc(C=CC(=O)OCC(F)(F)F)c1)OC2C1OCOC31)C(=O)NCCO. The summed E-state index contributed by atoms with van der Waals surface area (Å²) in [4.78, 5) is 58.3. The molecule has 1 saturated carbocycles. The number of rotatable bonds is 11. The molecule has 1 aromatic rings. The van der Waals surface area contributed by atoms with Gasteiger partial charge >= 0.3 is 18.1 Å². The van der Waals surface area contributed by atoms with Crippen LogP contribution >= 0.6 is 0 Å². The Morgan fingerprint density at radius 3 is 2.71 bits per heavy atom. The number of amides is 2. The zero-order valence-corrected chi connectivity index (χ0v) is 23.9. The third kappa shape index (κ3) is 6.68. The van der Waals surface area contributed by atoms with Gasteiger partial charge in [-0.25, -0.2) is 4.79 Å². The van der Waals surface area contributed by atoms with Crippen molar-refractivity contribution in [3.05, 3.63) is 41.5 Å². The van der Waals surface area contributed by atoms with Gasteiger partial charge in [-0.2, -0.15) is 18.2 Å². The van der Waals surface area contributed by atoms with Gasteiger partial charge in [0.15, 0.2) is 12.6 Å². The number of esters is 2. The maximum absolute atomic E-state index is 14.1. The number of carbonyl (C=O) groups excluding carboxylic acids is 4. The van der Waals surface area contributed by atoms with Crippen molar-refractivity contribution in [1.29, 1.82) is 0 Å². The third-order valence-corrected chi connectivity index (χ3v) is 8.04. The highest BCUT2D eigenvalue weighted by molar-refractivity contribution is 5.96. The zero-order chi connectivity index (χ0) is 32.5. The van der Waals surface area contributed by atoms with Gasteiger partial charge in [0, 0.05) is 19.0 Å². The number of nitrogens with one attached hydrogen (secondary N) is 2. The number of fused-ring (bicyclic) bond motifs is 4. The van der Waals surface area contributed by atoms with E-state index in [1.54, 1.807) is 24.3 Å². The van der Waals surface area contributed by atoms with Gasteiger partial charge in [0.25, 0.3) is 0 Å². The summed E-state index contributed by atoms with van der Waals surface area (Å²) in [6, 6.07) is 3.72. The van der Waals surface area contributed by atoms with E-state index in [-0.39, 0.29) is 32.9 Å². The number of aliphatic hydroxyl groups is 2. The fraction of sp³-hybridized carbons (Fsp3) is 0.571. The summed E-state index contributed by atoms with van der Waals surface area (Å²) < 4.78 is 58.3. The van der Waals surface area contributed by atoms with Crippen LogP contribution in [-0.4, -0.2) is 114 Å². The number of carbonyl (C=O) groups is 4. The lowest BCUT2D eigenvalue weighted by Gasteiger charge is -2.49. The van der Waals surface area contributed by atoms with Crippen LogP contribution < -0.4 is 10.6 Å². The Labute approximate surface area is 254 Å². The Morgan fingerprint density at radius 2 is 2.00 bits per heavy atom. The molecule has 3 aliphatic heterocycles. The molecular weight excluding hydrogens is 611 g/mol. The Morgan fingerprint density at radius 1 is 1.24 bits per heavy atom. The van der Waals surface area contributed by atoms with E-state index < -0.39 is 84.6 Å². The predicted octanol–water partition coefficient (Wildman–Crippen LogP) is -0.679. The van der Waals surface area contributed by atoms with Crippen molar-refractivity contribution < 1.29 is 66.3 Å². The quantitative estimate of drug-likeness (QED) is 0.177. The van der Waals surface area contributed by atoms with Crippen molar-refractivity contribution in [3.63, 3.8) is 0 Å². The monoisotopic (exact) mass is 643 g/mol. The normalized spacial score (nSPS) is 30.4. The number of hydrogen-bond acceptors (Lipinski definition) is 12. The molecule has 8 atom stereocenters. The first-order valence-corrected chi connectivity index (χ1v) is 14.1. The highest BCUT2D eigenvalue weighted by Gasteiger charge is 2.74. The first-order chi connectivity index (χ1) is 21.3. The second kappa shape index (κ2) is 13.0. The van der Waals surface area contributed by atoms with Crippen LogP contribution in [0.5, 0.6) is 0 Å². The Kier molecular flexibility index (Phi) is 9.48. The van der Waals surface area contributed by atoms with E-state index in [0.29, 0.717) is 11.1 Å². The smallest absolute Gasteiger partial charge is 0.422 e. The number of hydroxylamine groups is 2. The number of nitrogens with zero attached hydrogens (tertiary/aromatic N) is 1. The molecule has 14 nitrogen and oxygen atoms in total. The summed E-state index contributed by atoms with van der Waals surface area (Å²) in [5.41, 5.74) is -0.665. The van der Waals surface area contributed by atoms with Crippen molar-refractivity contribution in [2.75, 3.05) is 26.6 Å². The topological polar surface area (TPSA) is 182 Å². The van der Waals surface area contributed by atoms with Crippen molar-refractivity contribution >= 4 is 29.8 Å². The fourth-order valence-electron chi connectivity index (χ4n) is 6.14. The minimum atomic E-state index is -4.66. The Bertz CT molecular complexity index is 1340. The van der Waals surface area contributed by atoms with Crippen LogP contribution in [0.25, 0.3) is 6.08 Å². The molecule has 8 unspecified atom stereocenters. The largest absolute Gasteiger partial charge is 0.458 e. The van der Waals surface area contributed by atoms with Gasteiger partial charge in [0.1, 0.15) is 42.7 Å². The van der Waals surface area contributed by atoms with E-state index in [9.17, 15) is 37.5 Å². The molecule has 5 rings (SSSR count). The van der Waals surface area contributed by atoms with E-state index in [0.717, 1.165) is 6.08 Å². The molecular formula is C28H32F3N3O11. The van der Waals surface area contributed by atoms with Crippen molar-refractivity contribution in [3.8, 4) is 0 Å². The van der Waals surface area contributed by atoms with Crippen LogP contribution in [0.15, 0.2) is 30.3 Å². The molecule has 0 radical (unpaired) electrons. The van der Waals surface area contributed by atoms with E-state index in [4.69, 9.17) is 24.2 Å². The minimum Gasteiger partial charge on any atom is -0.458 e. The maximum atomic E-state index is 14.1. The van der Waals surface area contributed by atoms with Crippen LogP contribution in [0.1, 0.15) is 24.5 Å². The van der Waals surface area contributed by atoms with E-state index >= 15 is 0 Å². The van der Waals surface area contributed by atoms with E-state index in [1.165, 1.54) is 18.1 Å². The minimum absolute atomic E-state index is 0.0332. The molecule has 4 N–H and O–H groups in total. The average Bonchev–Trinajstić information content (AvgIpc) is 3.61. The summed E-state index contributed by atoms with van der Waals surface area (Å²) >= 11 is 0. The average molecular weight is 644 g/mol. The van der Waals surface area contributed by atoms with E-state index in [1.807, 2.05) is 0 Å². The van der Waals surface area contributed by atoms with Crippen LogP contribution in [0.3, 0.4) is 0 Å². The van der Waals surface area contributed by atoms with Gasteiger partial charge in [-0.15, -0.1) is 0 Å². The third-order valence-electron chi connectivity index (χ3n) is 8.04. The number of ether oxygens (including phenoxy) is 4. The van der Waals surface area contributed by atoms with Crippen LogP contribution in [0, 0.1) is 5.41 Å². The molecule has 3 heterocycles. The number of aliphatic hydroxyl groups excluding tert-OH is 2. The molecule has 3 saturated heterocycles. The van der Waals surface area contributed by atoms with Gasteiger partial charge in [-0.3, -0.25) is 19.2 Å². The molecule has 246 valence electrons. The molecule has 17 heteroatoms. The van der Waals surface area contributed by atoms with Gasteiger partial charge in [-0.05, 0) is 24.1 Å². The lowest BCUT2D eigenvalue weighted by molar-refractivity contribution is -0.201. The number of hydrogen-bond donors (Lipinski definition) is 4. The van der Waals surface area contributed by atoms with Crippen LogP contribution in [0.2, 0.25) is 0 Å². The Balaban J connectivity index is 1.40. The van der Waals surface area contributed by atoms with Gasteiger partial charge < -0.3 is 39.8 Å². The number of halogens is 3. The standard InChI is InChI=1S/C28H32F3N3O11/c1-14(36)19(24(38)32-7-8-35)33-26(40)27-10-17-20-21(43-13-42-20)23(27)45-34(22(27)25(39)44-17)11-16-4-2-3-15(9-16)5-6-18(37)41-12-28(29,30)31/h2-6,9,14,17,19-23,35-36H,7-8,10-13H2,1H3,(H,32,38)(H,33,40). The summed E-state index contributed by atoms with van der Waals surface area (Å²) in [6.45, 7) is -1.11. The molecule has 2 bridgehead atoms. The molecule has 0 aromatic heterocycles. The first kappa shape index (κ1) is 32.8. The van der Waals surface area contributed by atoms with Crippen molar-refractivity contribution in [2.24, 2.45) is 5.41 Å². The molecule has 4 aliphatic rings. The van der Waals surface area contributed by atoms with Crippen LogP contribution in [0.4, 0.5) is 13.2 Å². The lowest BCUT2D eigenvalue weighted by Crippen LogP contribution is -2.71. The Hall–Kier alpha value is -3.61. The molecule has 2 amide bonds. The highest BCUT2D eigenvalue weighted by Crippen LogP contribution is 2.55. The maximum Gasteiger partial charge on any atom is 0.422 e. The van der Waals surface area contributed by atoms with Gasteiger partial charge in [-0.1, -0.05) is 24.3 Å². The molecule has 1 aliphatic carbocycles. The summed E-state index contributed by atoms with van der Waals surface area (Å²) in [5, 5.41) is 25.6. The fourth-order valence-corrected chi connectivity index (χ4v) is 6.14. The van der Waals surface area contributed by atoms with E-state index in [2.05, 4.69) is 15.4 Å². The summed E-state index contributed by atoms with van der Waals surface area (Å²) in [5.74, 6) is -3.47. The predicted molar refractivity (Wildman–Crippen MR) is 142 cm³/mol. The van der Waals surface area contributed by atoms with Crippen molar-refractivity contribution in [2.45, 2.75) is 68.7 Å². The first-order valence-electron chi connectivity index (χ1n) is 14.1. The second-order valence-corrected chi connectivity index (χ2v) is 11.1. The highest BCUT2D eigenvalue weighted by atomic mass is 19.4. The molecule has 45 heavy (non-hydrogen) atoms. The second-order valence-electron chi connectivity index (χ2n) is 11.1. The van der Waals surface area contributed by atoms with Crippen LogP contribution in [-0.2, 0) is 49.5 Å². The van der Waals surface area contributed by atoms with Gasteiger partial charge in [0.05, 0.1) is 19.3 Å². The molecule has 0 spiro atoms. The van der Waals surface area contributed by atoms with Crippen molar-refractivity contribution in [1.82, 2.24) is 15.7 Å². The summed E-state index contributed by atoms with van der Waals surface area (Å²) in [7, 11) is 0. The summed E-state index contributed by atoms with van der Waals surface area (Å²) in [6.07, 6.45) is -7.38. The lowest BCUT2D eigenvalue weighted by atomic mass is 9.62. The zero-order valence-electron chi connectivity index (χ0n) is 23.9. The van der Waals surface area contributed by atoms with Gasteiger partial charge in [0.2, 0.25) is 11.8 Å². The molecule has 4 fully saturated rings. The number of benzene rings is 1.